The van der Waals surface area contributed by atoms with Gasteiger partial charge in [0.2, 0.25) is 5.91 Å². The van der Waals surface area contributed by atoms with Crippen molar-refractivity contribution in [2.75, 3.05) is 11.1 Å². The van der Waals surface area contributed by atoms with E-state index in [2.05, 4.69) is 15.6 Å². The Labute approximate surface area is 192 Å². The molecule has 0 spiro atoms. The Hall–Kier alpha value is -3.39. The second-order valence-corrected chi connectivity index (χ2v) is 9.32. The van der Waals surface area contributed by atoms with Crippen LogP contribution >= 0.6 is 11.3 Å². The predicted octanol–water partition coefficient (Wildman–Crippen LogP) is 4.86. The Morgan fingerprint density at radius 2 is 1.78 bits per heavy atom. The lowest BCUT2D eigenvalue weighted by Crippen LogP contribution is -2.42. The minimum Gasteiger partial charge on any atom is -0.444 e. The third-order valence-electron chi connectivity index (χ3n) is 4.46. The number of alkyl carbamates (subject to hydrolysis) is 1. The number of rotatable bonds is 7. The molecule has 7 nitrogen and oxygen atoms in total. The molecule has 2 aromatic carbocycles. The Morgan fingerprint density at radius 3 is 2.38 bits per heavy atom. The molecular weight excluding hydrogens is 424 g/mol. The van der Waals surface area contributed by atoms with E-state index in [4.69, 9.17) is 10.5 Å². The maximum Gasteiger partial charge on any atom is 0.407 e. The minimum absolute atomic E-state index is 0.110. The van der Waals surface area contributed by atoms with E-state index in [1.165, 1.54) is 11.3 Å². The number of aromatic nitrogens is 1. The second-order valence-electron chi connectivity index (χ2n) is 8.43. The maximum atomic E-state index is 12.7. The third-order valence-corrected chi connectivity index (χ3v) is 5.14. The molecule has 1 heterocycles. The van der Waals surface area contributed by atoms with Crippen LogP contribution in [-0.4, -0.2) is 28.6 Å². The first-order valence-corrected chi connectivity index (χ1v) is 11.2. The molecule has 0 aliphatic rings. The first kappa shape index (κ1) is 23.3. The SMILES string of the molecule is CC(C)(C)OC(=O)N[C@@H](CC(=O)Nc1ccc(-c2csc(N)n2)cc1)Cc1ccccc1. The van der Waals surface area contributed by atoms with Crippen molar-refractivity contribution < 1.29 is 14.3 Å². The first-order chi connectivity index (χ1) is 15.2. The molecule has 0 saturated carbocycles. The number of nitrogens with two attached hydrogens (primary N) is 1. The number of carbonyl (C=O) groups is 2. The molecule has 2 amide bonds. The van der Waals surface area contributed by atoms with Gasteiger partial charge in [-0.05, 0) is 44.9 Å². The molecule has 8 heteroatoms. The number of nitrogen functional groups attached to an aromatic ring is 1. The molecule has 3 rings (SSSR count). The topological polar surface area (TPSA) is 106 Å². The maximum absolute atomic E-state index is 12.7. The second kappa shape index (κ2) is 10.3. The van der Waals surface area contributed by atoms with Gasteiger partial charge in [-0.2, -0.15) is 0 Å². The molecule has 0 aliphatic heterocycles. The highest BCUT2D eigenvalue weighted by Crippen LogP contribution is 2.24. The first-order valence-electron chi connectivity index (χ1n) is 10.3. The van der Waals surface area contributed by atoms with Gasteiger partial charge in [-0.3, -0.25) is 4.79 Å². The van der Waals surface area contributed by atoms with Crippen molar-refractivity contribution in [3.05, 3.63) is 65.5 Å². The van der Waals surface area contributed by atoms with Crippen LogP contribution in [0.25, 0.3) is 11.3 Å². The van der Waals surface area contributed by atoms with E-state index < -0.39 is 17.7 Å². The highest BCUT2D eigenvalue weighted by molar-refractivity contribution is 7.13. The predicted molar refractivity (Wildman–Crippen MR) is 129 cm³/mol. The number of hydrogen-bond acceptors (Lipinski definition) is 6. The van der Waals surface area contributed by atoms with Crippen molar-refractivity contribution in [3.8, 4) is 11.3 Å². The zero-order valence-electron chi connectivity index (χ0n) is 18.4. The summed E-state index contributed by atoms with van der Waals surface area (Å²) in [6, 6.07) is 16.7. The largest absolute Gasteiger partial charge is 0.444 e. The highest BCUT2D eigenvalue weighted by atomic mass is 32.1. The Bertz CT molecular complexity index is 1040. The van der Waals surface area contributed by atoms with E-state index >= 15 is 0 Å². The van der Waals surface area contributed by atoms with Gasteiger partial charge in [-0.1, -0.05) is 42.5 Å². The van der Waals surface area contributed by atoms with Crippen LogP contribution in [0.15, 0.2) is 60.0 Å². The molecule has 0 fully saturated rings. The van der Waals surface area contributed by atoms with Crippen molar-refractivity contribution in [1.82, 2.24) is 10.3 Å². The monoisotopic (exact) mass is 452 g/mol. The number of nitrogens with zero attached hydrogens (tertiary/aromatic N) is 1. The van der Waals surface area contributed by atoms with Crippen molar-refractivity contribution in [3.63, 3.8) is 0 Å². The fraction of sp³-hybridized carbons (Fsp3) is 0.292. The zero-order chi connectivity index (χ0) is 23.1. The van der Waals surface area contributed by atoms with Crippen LogP contribution in [0, 0.1) is 0 Å². The molecule has 0 unspecified atom stereocenters. The Kier molecular flexibility index (Phi) is 7.48. The summed E-state index contributed by atoms with van der Waals surface area (Å²) in [7, 11) is 0. The minimum atomic E-state index is -0.618. The number of carbonyl (C=O) groups excluding carboxylic acids is 2. The van der Waals surface area contributed by atoms with Crippen LogP contribution < -0.4 is 16.4 Å². The normalized spacial score (nSPS) is 12.1. The van der Waals surface area contributed by atoms with E-state index in [1.807, 2.05) is 60.0 Å². The number of nitrogens with one attached hydrogen (secondary N) is 2. The van der Waals surface area contributed by atoms with Gasteiger partial charge in [0.1, 0.15) is 5.60 Å². The van der Waals surface area contributed by atoms with Crippen LogP contribution in [0.2, 0.25) is 0 Å². The van der Waals surface area contributed by atoms with Crippen molar-refractivity contribution >= 4 is 34.2 Å². The molecule has 3 aromatic rings. The van der Waals surface area contributed by atoms with E-state index in [9.17, 15) is 9.59 Å². The Morgan fingerprint density at radius 1 is 1.09 bits per heavy atom. The average Bonchev–Trinajstić information content (AvgIpc) is 3.14. The summed E-state index contributed by atoms with van der Waals surface area (Å²) < 4.78 is 5.37. The number of benzene rings is 2. The lowest BCUT2D eigenvalue weighted by molar-refractivity contribution is -0.116. The number of anilines is 2. The summed E-state index contributed by atoms with van der Waals surface area (Å²) in [4.78, 5) is 29.3. The summed E-state index contributed by atoms with van der Waals surface area (Å²) >= 11 is 1.38. The van der Waals surface area contributed by atoms with E-state index in [0.29, 0.717) is 17.2 Å². The van der Waals surface area contributed by atoms with Crippen LogP contribution in [0.4, 0.5) is 15.6 Å². The van der Waals surface area contributed by atoms with Gasteiger partial charge in [0, 0.05) is 29.1 Å². The fourth-order valence-corrected chi connectivity index (χ4v) is 3.70. The number of ether oxygens (including phenoxy) is 1. The van der Waals surface area contributed by atoms with Gasteiger partial charge in [-0.25, -0.2) is 9.78 Å². The van der Waals surface area contributed by atoms with Crippen LogP contribution in [-0.2, 0) is 16.0 Å². The standard InChI is InChI=1S/C24H28N4O3S/c1-24(2,3)31-23(30)27-19(13-16-7-5-4-6-8-16)14-21(29)26-18-11-9-17(10-12-18)20-15-32-22(25)28-20/h4-12,15,19H,13-14H2,1-3H3,(H2,25,28)(H,26,29)(H,27,30)/t19-/m1/s1. The van der Waals surface area contributed by atoms with E-state index in [1.54, 1.807) is 20.8 Å². The van der Waals surface area contributed by atoms with Crippen molar-refractivity contribution in [2.24, 2.45) is 0 Å². The van der Waals surface area contributed by atoms with Crippen LogP contribution in [0.5, 0.6) is 0 Å². The van der Waals surface area contributed by atoms with Gasteiger partial charge in [0.05, 0.1) is 5.69 Å². The molecule has 1 atom stereocenters. The molecule has 4 N–H and O–H groups in total. The molecular formula is C24H28N4O3S. The lowest BCUT2D eigenvalue weighted by atomic mass is 10.0. The molecule has 32 heavy (non-hydrogen) atoms. The third kappa shape index (κ3) is 7.39. The van der Waals surface area contributed by atoms with Crippen LogP contribution in [0.1, 0.15) is 32.8 Å². The van der Waals surface area contributed by atoms with Gasteiger partial charge < -0.3 is 21.1 Å². The number of amides is 2. The van der Waals surface area contributed by atoms with Crippen LogP contribution in [0.3, 0.4) is 0 Å². The van der Waals surface area contributed by atoms with Gasteiger partial charge in [-0.15, -0.1) is 11.3 Å². The Balaban J connectivity index is 1.63. The van der Waals surface area contributed by atoms with Crippen molar-refractivity contribution in [2.45, 2.75) is 45.3 Å². The molecule has 0 aliphatic carbocycles. The summed E-state index contributed by atoms with van der Waals surface area (Å²) in [5, 5.41) is 8.12. The number of hydrogen-bond donors (Lipinski definition) is 3. The molecule has 0 saturated heterocycles. The highest BCUT2D eigenvalue weighted by Gasteiger charge is 2.22. The average molecular weight is 453 g/mol. The van der Waals surface area contributed by atoms with Crippen molar-refractivity contribution in [1.29, 1.82) is 0 Å². The summed E-state index contributed by atoms with van der Waals surface area (Å²) in [6.45, 7) is 5.40. The van der Waals surface area contributed by atoms with E-state index in [-0.39, 0.29) is 12.3 Å². The number of thiazole rings is 1. The lowest BCUT2D eigenvalue weighted by Gasteiger charge is -2.23. The molecule has 0 bridgehead atoms. The van der Waals surface area contributed by atoms with E-state index in [0.717, 1.165) is 16.8 Å². The van der Waals surface area contributed by atoms with Gasteiger partial charge in [0.25, 0.3) is 0 Å². The fourth-order valence-electron chi connectivity index (χ4n) is 3.13. The summed E-state index contributed by atoms with van der Waals surface area (Å²) in [6.07, 6.45) is 0.0778. The molecule has 0 radical (unpaired) electrons. The summed E-state index contributed by atoms with van der Waals surface area (Å²) in [5.74, 6) is -0.201. The van der Waals surface area contributed by atoms with Gasteiger partial charge >= 0.3 is 6.09 Å². The summed E-state index contributed by atoms with van der Waals surface area (Å²) in [5.41, 5.74) is 8.48. The molecule has 168 valence electrons. The zero-order valence-corrected chi connectivity index (χ0v) is 19.2. The smallest absolute Gasteiger partial charge is 0.407 e. The molecule has 1 aromatic heterocycles. The van der Waals surface area contributed by atoms with Gasteiger partial charge in [0.15, 0.2) is 5.13 Å². The quantitative estimate of drug-likeness (QED) is 0.475.